The molecule has 2 atom stereocenters. The Kier molecular flexibility index (Phi) is 4.73. The lowest BCUT2D eigenvalue weighted by molar-refractivity contribution is -0.144. The van der Waals surface area contributed by atoms with Gasteiger partial charge in [0, 0.05) is 24.5 Å². The number of likely N-dealkylation sites (N-methyl/N-ethyl adjacent to an activating group) is 1. The van der Waals surface area contributed by atoms with Crippen molar-refractivity contribution in [3.63, 3.8) is 0 Å². The molecule has 1 rings (SSSR count). The summed E-state index contributed by atoms with van der Waals surface area (Å²) in [6, 6.07) is -0.0634. The topological polar surface area (TPSA) is 69.6 Å². The zero-order valence-corrected chi connectivity index (χ0v) is 11.7. The summed E-state index contributed by atoms with van der Waals surface area (Å²) in [6.07, 6.45) is 0.521. The second kappa shape index (κ2) is 5.69. The van der Waals surface area contributed by atoms with Gasteiger partial charge in [0.1, 0.15) is 0 Å². The van der Waals surface area contributed by atoms with Crippen molar-refractivity contribution in [3.8, 4) is 0 Å². The van der Waals surface area contributed by atoms with Gasteiger partial charge >= 0.3 is 5.97 Å². The Balaban J connectivity index is 2.65. The molecule has 0 aromatic carbocycles. The fraction of sp³-hybridized carbons (Fsp3) is 0.846. The highest BCUT2D eigenvalue weighted by Crippen LogP contribution is 2.19. The summed E-state index contributed by atoms with van der Waals surface area (Å²) in [5.41, 5.74) is -0.437. The van der Waals surface area contributed by atoms with E-state index in [0.29, 0.717) is 13.0 Å². The van der Waals surface area contributed by atoms with E-state index in [4.69, 9.17) is 5.11 Å². The minimum atomic E-state index is -0.775. The number of rotatable bonds is 3. The highest BCUT2D eigenvalue weighted by atomic mass is 16.4. The van der Waals surface area contributed by atoms with Crippen LogP contribution in [0.1, 0.15) is 34.1 Å². The van der Waals surface area contributed by atoms with Gasteiger partial charge in [0.25, 0.3) is 0 Å². The van der Waals surface area contributed by atoms with Crippen LogP contribution in [0.15, 0.2) is 0 Å². The highest BCUT2D eigenvalue weighted by Gasteiger charge is 2.33. The number of likely N-dealkylation sites (tertiary alicyclic amines) is 1. The second-order valence-corrected chi connectivity index (χ2v) is 6.04. The number of carbonyl (C=O) groups excluding carboxylic acids is 1. The average molecular weight is 256 g/mol. The Labute approximate surface area is 109 Å². The van der Waals surface area contributed by atoms with Crippen LogP contribution in [0.2, 0.25) is 0 Å². The molecule has 0 spiro atoms. The molecule has 0 aromatic rings. The molecule has 5 nitrogen and oxygen atoms in total. The average Bonchev–Trinajstić information content (AvgIpc) is 2.27. The van der Waals surface area contributed by atoms with Gasteiger partial charge < -0.3 is 15.3 Å². The van der Waals surface area contributed by atoms with Crippen LogP contribution in [0.4, 0.5) is 0 Å². The summed E-state index contributed by atoms with van der Waals surface area (Å²) in [5, 5.41) is 12.1. The first-order valence-corrected chi connectivity index (χ1v) is 6.50. The monoisotopic (exact) mass is 256 g/mol. The van der Waals surface area contributed by atoms with Gasteiger partial charge in [-0.3, -0.25) is 9.59 Å². The largest absolute Gasteiger partial charge is 0.481 e. The number of hydrogen-bond acceptors (Lipinski definition) is 3. The van der Waals surface area contributed by atoms with Crippen LogP contribution in [-0.2, 0) is 9.59 Å². The molecule has 0 saturated carbocycles. The number of nitrogens with zero attached hydrogens (tertiary/aromatic N) is 1. The molecule has 0 bridgehead atoms. The maximum absolute atomic E-state index is 11.9. The first kappa shape index (κ1) is 15.0. The third kappa shape index (κ3) is 3.98. The minimum absolute atomic E-state index is 0.0189. The zero-order chi connectivity index (χ0) is 13.9. The summed E-state index contributed by atoms with van der Waals surface area (Å²) >= 11 is 0. The number of carbonyl (C=O) groups is 2. The summed E-state index contributed by atoms with van der Waals surface area (Å²) < 4.78 is 0. The minimum Gasteiger partial charge on any atom is -0.481 e. The standard InChI is InChI=1S/C13H24N2O3/c1-5-15-7-9(11(16)17)6-10(8-15)14-12(18)13(2,3)4/h9-10H,5-8H2,1-4H3,(H,14,18)(H,16,17). The van der Waals surface area contributed by atoms with Crippen LogP contribution in [0.5, 0.6) is 0 Å². The van der Waals surface area contributed by atoms with Crippen molar-refractivity contribution in [2.75, 3.05) is 19.6 Å². The molecular weight excluding hydrogens is 232 g/mol. The van der Waals surface area contributed by atoms with E-state index in [1.807, 2.05) is 27.7 Å². The van der Waals surface area contributed by atoms with Gasteiger partial charge in [0.15, 0.2) is 0 Å². The molecule has 1 amide bonds. The third-order valence-electron chi connectivity index (χ3n) is 3.34. The van der Waals surface area contributed by atoms with E-state index < -0.39 is 11.4 Å². The maximum Gasteiger partial charge on any atom is 0.307 e. The normalized spacial score (nSPS) is 25.8. The molecule has 0 aliphatic carbocycles. The van der Waals surface area contributed by atoms with E-state index in [9.17, 15) is 9.59 Å². The van der Waals surface area contributed by atoms with Crippen LogP contribution < -0.4 is 5.32 Å². The molecule has 1 saturated heterocycles. The lowest BCUT2D eigenvalue weighted by Gasteiger charge is -2.36. The number of hydrogen-bond donors (Lipinski definition) is 2. The molecule has 18 heavy (non-hydrogen) atoms. The molecule has 2 unspecified atom stereocenters. The first-order chi connectivity index (χ1) is 8.24. The molecule has 0 aromatic heterocycles. The SMILES string of the molecule is CCN1CC(NC(=O)C(C)(C)C)CC(C(=O)O)C1. The van der Waals surface area contributed by atoms with Crippen molar-refractivity contribution in [3.05, 3.63) is 0 Å². The molecule has 0 radical (unpaired) electrons. The summed E-state index contributed by atoms with van der Waals surface area (Å²) in [5.74, 6) is -1.18. The fourth-order valence-corrected chi connectivity index (χ4v) is 2.13. The van der Waals surface area contributed by atoms with Gasteiger partial charge in [-0.15, -0.1) is 0 Å². The third-order valence-corrected chi connectivity index (χ3v) is 3.34. The molecule has 1 heterocycles. The number of carboxylic acids is 1. The molecule has 1 aliphatic rings. The number of carboxylic acid groups (broad SMARTS) is 1. The van der Waals surface area contributed by atoms with Gasteiger partial charge in [-0.1, -0.05) is 27.7 Å². The zero-order valence-electron chi connectivity index (χ0n) is 11.7. The molecule has 5 heteroatoms. The molecular formula is C13H24N2O3. The lowest BCUT2D eigenvalue weighted by Crippen LogP contribution is -2.53. The van der Waals surface area contributed by atoms with Gasteiger partial charge in [0.2, 0.25) is 5.91 Å². The number of nitrogens with one attached hydrogen (secondary N) is 1. The van der Waals surface area contributed by atoms with Crippen LogP contribution >= 0.6 is 0 Å². The Morgan fingerprint density at radius 3 is 2.39 bits per heavy atom. The predicted molar refractivity (Wildman–Crippen MR) is 69.2 cm³/mol. The van der Waals surface area contributed by atoms with E-state index in [0.717, 1.165) is 13.1 Å². The summed E-state index contributed by atoms with van der Waals surface area (Å²) in [4.78, 5) is 25.1. The number of piperidine rings is 1. The van der Waals surface area contributed by atoms with Gasteiger partial charge in [0.05, 0.1) is 5.92 Å². The van der Waals surface area contributed by atoms with Crippen molar-refractivity contribution in [2.45, 2.75) is 40.2 Å². The quantitative estimate of drug-likeness (QED) is 0.788. The molecule has 2 N–H and O–H groups in total. The summed E-state index contributed by atoms with van der Waals surface area (Å²) in [6.45, 7) is 9.71. The Morgan fingerprint density at radius 2 is 1.94 bits per heavy atom. The van der Waals surface area contributed by atoms with Gasteiger partial charge in [-0.05, 0) is 13.0 Å². The van der Waals surface area contributed by atoms with E-state index in [-0.39, 0.29) is 17.9 Å². The smallest absolute Gasteiger partial charge is 0.307 e. The molecule has 104 valence electrons. The van der Waals surface area contributed by atoms with Crippen LogP contribution in [0.25, 0.3) is 0 Å². The van der Waals surface area contributed by atoms with Crippen LogP contribution in [-0.4, -0.2) is 47.6 Å². The van der Waals surface area contributed by atoms with Crippen molar-refractivity contribution < 1.29 is 14.7 Å². The van der Waals surface area contributed by atoms with Crippen LogP contribution in [0, 0.1) is 11.3 Å². The van der Waals surface area contributed by atoms with Crippen molar-refractivity contribution >= 4 is 11.9 Å². The lowest BCUT2D eigenvalue weighted by atomic mass is 9.91. The van der Waals surface area contributed by atoms with Crippen LogP contribution in [0.3, 0.4) is 0 Å². The number of amides is 1. The number of aliphatic carboxylic acids is 1. The Morgan fingerprint density at radius 1 is 1.33 bits per heavy atom. The van der Waals surface area contributed by atoms with Gasteiger partial charge in [-0.2, -0.15) is 0 Å². The van der Waals surface area contributed by atoms with Crippen molar-refractivity contribution in [1.29, 1.82) is 0 Å². The second-order valence-electron chi connectivity index (χ2n) is 6.04. The van der Waals surface area contributed by atoms with E-state index in [2.05, 4.69) is 10.2 Å². The van der Waals surface area contributed by atoms with Gasteiger partial charge in [-0.25, -0.2) is 0 Å². The fourth-order valence-electron chi connectivity index (χ4n) is 2.13. The Bertz CT molecular complexity index is 323. The maximum atomic E-state index is 11.9. The summed E-state index contributed by atoms with van der Waals surface area (Å²) in [7, 11) is 0. The van der Waals surface area contributed by atoms with E-state index in [1.54, 1.807) is 0 Å². The van der Waals surface area contributed by atoms with E-state index >= 15 is 0 Å². The molecule has 1 fully saturated rings. The first-order valence-electron chi connectivity index (χ1n) is 6.50. The Hall–Kier alpha value is -1.10. The highest BCUT2D eigenvalue weighted by molar-refractivity contribution is 5.81. The molecule has 1 aliphatic heterocycles. The predicted octanol–water partition coefficient (Wildman–Crippen LogP) is 0.944. The van der Waals surface area contributed by atoms with Crippen molar-refractivity contribution in [1.82, 2.24) is 10.2 Å². The van der Waals surface area contributed by atoms with Crippen molar-refractivity contribution in [2.24, 2.45) is 11.3 Å². The van der Waals surface area contributed by atoms with E-state index in [1.165, 1.54) is 0 Å².